The van der Waals surface area contributed by atoms with E-state index in [1.165, 1.54) is 31.9 Å². The van der Waals surface area contributed by atoms with Crippen molar-refractivity contribution in [1.29, 1.82) is 0 Å². The molecule has 0 saturated carbocycles. The molecule has 0 spiro atoms. The number of halogens is 1. The molecule has 6 rings (SSSR count). The lowest BCUT2D eigenvalue weighted by atomic mass is 9.93. The molecule has 0 aromatic carbocycles. The number of imidazole rings is 2. The van der Waals surface area contributed by atoms with E-state index in [2.05, 4.69) is 35.2 Å². The zero-order valence-electron chi connectivity index (χ0n) is 29.2. The number of amides is 1. The highest BCUT2D eigenvalue weighted by Gasteiger charge is 2.51. The lowest BCUT2D eigenvalue weighted by molar-refractivity contribution is -0.124. The van der Waals surface area contributed by atoms with Crippen LogP contribution >= 0.6 is 7.82 Å². The number of rotatable bonds is 14. The van der Waals surface area contributed by atoms with Crippen LogP contribution in [-0.4, -0.2) is 113 Å². The summed E-state index contributed by atoms with van der Waals surface area (Å²) in [6.07, 6.45) is -7.87. The molecule has 22 nitrogen and oxygen atoms in total. The Bertz CT molecular complexity index is 2120. The van der Waals surface area contributed by atoms with Gasteiger partial charge in [0.25, 0.3) is 11.1 Å². The Labute approximate surface area is 299 Å². The van der Waals surface area contributed by atoms with Crippen LogP contribution in [0.2, 0.25) is 0 Å². The van der Waals surface area contributed by atoms with Gasteiger partial charge >= 0.3 is 7.82 Å². The van der Waals surface area contributed by atoms with Crippen LogP contribution in [0.1, 0.15) is 46.6 Å². The molecule has 2 saturated heterocycles. The van der Waals surface area contributed by atoms with Gasteiger partial charge in [-0.25, -0.2) is 18.9 Å². The fourth-order valence-corrected chi connectivity index (χ4v) is 7.55. The Morgan fingerprint density at radius 1 is 0.981 bits per heavy atom. The molecule has 2 aliphatic heterocycles. The highest BCUT2D eigenvalue weighted by Crippen LogP contribution is 2.50. The molecule has 8 N–H and O–H groups in total. The molecule has 0 radical (unpaired) electrons. The standard InChI is InChI=1S/C29H41FN11O11P/c1-11(2)48-8-15-13(20(47-5)27(50-15)41-10-35-19-23(41)37-29(32)39-25(19)44)6-16(42)33-7-14-21(52-53(45,46)51-12(3)4)17(30)26(49-14)40-9-34-18-22(40)36-28(31)38-24(18)43/h9-15,17,20-21,26-27H,6-8H2,1-5H3,(H,33,42)(H,45,46)(H3,31,36,38,43)(H3,32,37,39,44)/t13?,14-,15-,17?,20?,21?,26-,27-/m1/s1. The second kappa shape index (κ2) is 15.2. The van der Waals surface area contributed by atoms with Gasteiger partial charge in [-0.3, -0.25) is 42.5 Å². The number of aromatic amines is 2. The summed E-state index contributed by atoms with van der Waals surface area (Å²) < 4.78 is 65.9. The summed E-state index contributed by atoms with van der Waals surface area (Å²) >= 11 is 0. The third kappa shape index (κ3) is 7.97. The minimum Gasteiger partial charge on any atom is -0.376 e. The van der Waals surface area contributed by atoms with Gasteiger partial charge in [0.1, 0.15) is 18.3 Å². The van der Waals surface area contributed by atoms with Gasteiger partial charge in [-0.05, 0) is 27.7 Å². The summed E-state index contributed by atoms with van der Waals surface area (Å²) in [6.45, 7) is 6.32. The van der Waals surface area contributed by atoms with Crippen LogP contribution in [-0.2, 0) is 37.4 Å². The maximum atomic E-state index is 16.2. The first-order valence-electron chi connectivity index (χ1n) is 16.6. The maximum Gasteiger partial charge on any atom is 0.472 e. The van der Waals surface area contributed by atoms with Gasteiger partial charge < -0.3 is 40.6 Å². The number of fused-ring (bicyclic) bond motifs is 2. The van der Waals surface area contributed by atoms with E-state index in [1.807, 2.05) is 13.8 Å². The van der Waals surface area contributed by atoms with Crippen LogP contribution in [0.3, 0.4) is 0 Å². The van der Waals surface area contributed by atoms with E-state index >= 15 is 4.39 Å². The van der Waals surface area contributed by atoms with Crippen LogP contribution in [0.15, 0.2) is 22.2 Å². The van der Waals surface area contributed by atoms with Gasteiger partial charge in [0, 0.05) is 26.0 Å². The van der Waals surface area contributed by atoms with E-state index in [9.17, 15) is 23.8 Å². The minimum absolute atomic E-state index is 0.0209. The van der Waals surface area contributed by atoms with Crippen LogP contribution < -0.4 is 27.9 Å². The summed E-state index contributed by atoms with van der Waals surface area (Å²) in [4.78, 5) is 69.9. The Balaban J connectivity index is 1.23. The Morgan fingerprint density at radius 2 is 1.55 bits per heavy atom. The zero-order chi connectivity index (χ0) is 38.4. The Morgan fingerprint density at radius 3 is 2.09 bits per heavy atom. The number of H-pyrrole nitrogens is 2. The Kier molecular flexibility index (Phi) is 11.0. The molecule has 9 atom stereocenters. The Hall–Kier alpha value is -4.35. The number of nitrogen functional groups attached to an aromatic ring is 2. The SMILES string of the molecule is COC1C(CC(=O)NC[C@H]2O[C@@H](n3cnc4c(=O)[nH]c(N)nc43)C(F)C2OP(=O)(O)OC(C)C)[C@@H](COC(C)C)O[C@H]1n1cnc2c(=O)[nH]c(N)nc21. The number of nitrogens with one attached hydrogen (secondary N) is 3. The molecule has 5 unspecified atom stereocenters. The first-order valence-corrected chi connectivity index (χ1v) is 18.1. The molecule has 1 amide bonds. The molecule has 2 fully saturated rings. The number of nitrogens with zero attached hydrogens (tertiary/aromatic N) is 6. The van der Waals surface area contributed by atoms with Crippen LogP contribution in [0, 0.1) is 5.92 Å². The number of phosphoric ester groups is 1. The summed E-state index contributed by atoms with van der Waals surface area (Å²) in [5.74, 6) is -1.59. The van der Waals surface area contributed by atoms with Crippen LogP contribution in [0.25, 0.3) is 22.3 Å². The number of carbonyl (C=O) groups is 1. The third-order valence-electron chi connectivity index (χ3n) is 8.60. The van der Waals surface area contributed by atoms with E-state index in [0.29, 0.717) is 0 Å². The smallest absolute Gasteiger partial charge is 0.376 e. The van der Waals surface area contributed by atoms with Gasteiger partial charge in [0.05, 0.1) is 37.6 Å². The van der Waals surface area contributed by atoms with Gasteiger partial charge in [0.15, 0.2) is 41.0 Å². The third-order valence-corrected chi connectivity index (χ3v) is 9.80. The first kappa shape index (κ1) is 38.4. The van der Waals surface area contributed by atoms with E-state index in [0.717, 1.165) is 10.9 Å². The number of hydrogen-bond acceptors (Lipinski definition) is 16. The number of nitrogens with two attached hydrogens (primary N) is 2. The number of phosphoric acid groups is 1. The predicted octanol–water partition coefficient (Wildman–Crippen LogP) is 0.0232. The zero-order valence-corrected chi connectivity index (χ0v) is 30.1. The van der Waals surface area contributed by atoms with Crippen molar-refractivity contribution < 1.29 is 46.6 Å². The molecular weight excluding hydrogens is 728 g/mol. The fourth-order valence-electron chi connectivity index (χ4n) is 6.41. The van der Waals surface area contributed by atoms with Crippen molar-refractivity contribution in [2.75, 3.05) is 31.7 Å². The normalized spacial score (nSPS) is 27.3. The number of alkyl halides is 1. The largest absolute Gasteiger partial charge is 0.472 e. The van der Waals surface area contributed by atoms with Crippen molar-refractivity contribution in [3.8, 4) is 0 Å². The monoisotopic (exact) mass is 769 g/mol. The van der Waals surface area contributed by atoms with Crippen molar-refractivity contribution in [3.63, 3.8) is 0 Å². The van der Waals surface area contributed by atoms with Gasteiger partial charge in [-0.2, -0.15) is 9.97 Å². The summed E-state index contributed by atoms with van der Waals surface area (Å²) in [7, 11) is -3.41. The molecule has 24 heteroatoms. The second-order valence-corrected chi connectivity index (χ2v) is 14.4. The van der Waals surface area contributed by atoms with E-state index in [4.69, 9.17) is 39.5 Å². The number of methoxy groups -OCH3 is 1. The lowest BCUT2D eigenvalue weighted by Gasteiger charge is -2.25. The van der Waals surface area contributed by atoms with Gasteiger partial charge in [0.2, 0.25) is 17.8 Å². The number of hydrogen-bond donors (Lipinski definition) is 6. The van der Waals surface area contributed by atoms with Crippen molar-refractivity contribution >= 4 is 48.0 Å². The first-order chi connectivity index (χ1) is 25.1. The summed E-state index contributed by atoms with van der Waals surface area (Å²) in [5.41, 5.74) is 10.2. The number of anilines is 2. The number of ether oxygens (including phenoxy) is 4. The molecule has 290 valence electrons. The molecular formula is C29H41FN11O11P. The number of aromatic nitrogens is 8. The van der Waals surface area contributed by atoms with Crippen molar-refractivity contribution in [2.24, 2.45) is 5.92 Å². The van der Waals surface area contributed by atoms with Crippen LogP contribution in [0.5, 0.6) is 0 Å². The predicted molar refractivity (Wildman–Crippen MR) is 182 cm³/mol. The average molecular weight is 770 g/mol. The second-order valence-electron chi connectivity index (χ2n) is 13.1. The summed E-state index contributed by atoms with van der Waals surface area (Å²) in [6, 6.07) is 0. The molecule has 0 aliphatic carbocycles. The molecule has 6 heterocycles. The van der Waals surface area contributed by atoms with E-state index in [-0.39, 0.29) is 53.4 Å². The molecule has 4 aromatic heterocycles. The molecule has 53 heavy (non-hydrogen) atoms. The topological polar surface area (TPSA) is 301 Å². The van der Waals surface area contributed by atoms with Crippen molar-refractivity contribution in [3.05, 3.63) is 33.4 Å². The highest BCUT2D eigenvalue weighted by atomic mass is 31.2. The highest BCUT2D eigenvalue weighted by molar-refractivity contribution is 7.47. The molecule has 0 bridgehead atoms. The van der Waals surface area contributed by atoms with Crippen LogP contribution in [0.4, 0.5) is 16.3 Å². The number of carbonyl (C=O) groups excluding carboxylic acids is 1. The van der Waals surface area contributed by atoms with Gasteiger partial charge in [-0.1, -0.05) is 0 Å². The van der Waals surface area contributed by atoms with E-state index in [1.54, 1.807) is 0 Å². The van der Waals surface area contributed by atoms with Crippen molar-refractivity contribution in [1.82, 2.24) is 44.4 Å². The average Bonchev–Trinajstić information content (AvgIpc) is 3.82. The van der Waals surface area contributed by atoms with Crippen molar-refractivity contribution in [2.45, 2.75) is 89.4 Å². The fraction of sp³-hybridized carbons (Fsp3) is 0.621. The summed E-state index contributed by atoms with van der Waals surface area (Å²) in [5, 5.41) is 2.69. The maximum absolute atomic E-state index is 16.2. The van der Waals surface area contributed by atoms with Gasteiger partial charge in [-0.15, -0.1) is 0 Å². The molecule has 4 aromatic rings. The van der Waals surface area contributed by atoms with E-state index < -0.39 is 86.5 Å². The molecule has 2 aliphatic rings. The minimum atomic E-state index is -4.84. The quantitative estimate of drug-likeness (QED) is 0.0921. The lowest BCUT2D eigenvalue weighted by Crippen LogP contribution is -2.42.